The molecular weight excluding hydrogens is 433 g/mol. The summed E-state index contributed by atoms with van der Waals surface area (Å²) in [6.45, 7) is 0.651. The van der Waals surface area contributed by atoms with E-state index < -0.39 is 11.7 Å². The first-order chi connectivity index (χ1) is 15.9. The quantitative estimate of drug-likeness (QED) is 0.593. The molecule has 1 spiro atoms. The zero-order valence-electron chi connectivity index (χ0n) is 17.4. The molecule has 1 aromatic carbocycles. The molecule has 1 saturated heterocycles. The molecule has 2 aliphatic carbocycles. The number of pyridine rings is 1. The van der Waals surface area contributed by atoms with Gasteiger partial charge in [0, 0.05) is 47.7 Å². The number of halogens is 3. The molecule has 0 N–H and O–H groups in total. The number of likely N-dealkylation sites (tertiary alicyclic amines) is 1. The van der Waals surface area contributed by atoms with Crippen LogP contribution in [0.15, 0.2) is 61.2 Å². The summed E-state index contributed by atoms with van der Waals surface area (Å²) in [5.74, 6) is 0.483. The van der Waals surface area contributed by atoms with Crippen molar-refractivity contribution >= 4 is 5.91 Å². The van der Waals surface area contributed by atoms with Gasteiger partial charge in [0.1, 0.15) is 6.10 Å². The molecule has 168 valence electrons. The maximum absolute atomic E-state index is 13.6. The lowest BCUT2D eigenvalue weighted by Gasteiger charge is -2.47. The monoisotopic (exact) mass is 452 g/mol. The van der Waals surface area contributed by atoms with E-state index in [-0.39, 0.29) is 29.3 Å². The molecular formula is C24H19F3N4O2. The van der Waals surface area contributed by atoms with Crippen molar-refractivity contribution < 1.29 is 22.7 Å². The summed E-state index contributed by atoms with van der Waals surface area (Å²) in [5, 5.41) is 0. The first kappa shape index (κ1) is 20.1. The molecule has 3 heterocycles. The Hall–Kier alpha value is -3.49. The van der Waals surface area contributed by atoms with Crippen molar-refractivity contribution in [3.63, 3.8) is 0 Å². The Morgan fingerprint density at radius 3 is 2.64 bits per heavy atom. The van der Waals surface area contributed by atoms with Crippen molar-refractivity contribution in [2.75, 3.05) is 6.54 Å². The molecule has 2 saturated carbocycles. The summed E-state index contributed by atoms with van der Waals surface area (Å²) in [4.78, 5) is 27.8. The van der Waals surface area contributed by atoms with E-state index in [9.17, 15) is 18.0 Å². The molecule has 0 bridgehead atoms. The lowest BCUT2D eigenvalue weighted by atomic mass is 9.73. The van der Waals surface area contributed by atoms with Crippen molar-refractivity contribution in [1.29, 1.82) is 0 Å². The van der Waals surface area contributed by atoms with Gasteiger partial charge in [-0.05, 0) is 30.9 Å². The highest BCUT2D eigenvalue weighted by Crippen LogP contribution is 2.71. The van der Waals surface area contributed by atoms with Crippen molar-refractivity contribution in [1.82, 2.24) is 19.9 Å². The first-order valence-electron chi connectivity index (χ1n) is 10.7. The fourth-order valence-corrected chi connectivity index (χ4v) is 5.51. The number of rotatable bonds is 4. The topological polar surface area (TPSA) is 68.2 Å². The van der Waals surface area contributed by atoms with Crippen LogP contribution in [-0.4, -0.2) is 44.4 Å². The highest BCUT2D eigenvalue weighted by molar-refractivity contribution is 6.01. The van der Waals surface area contributed by atoms with Crippen LogP contribution in [0.2, 0.25) is 0 Å². The fourth-order valence-electron chi connectivity index (χ4n) is 5.51. The summed E-state index contributed by atoms with van der Waals surface area (Å²) < 4.78 is 44.4. The molecule has 2 aromatic heterocycles. The van der Waals surface area contributed by atoms with Crippen LogP contribution in [-0.2, 0) is 6.18 Å². The standard InChI is InChI=1S/C24H19F3N4O2/c25-24(26,27)14-5-6-20(30-11-14)33-19-10-23-9-15(23)13-31(21(19)23)22(32)17-4-2-1-3-16(17)18-12-28-7-8-29-18/h1-8,11-12,15,19,21H,9-10,13H2. The Balaban J connectivity index is 1.25. The van der Waals surface area contributed by atoms with Crippen LogP contribution in [0.4, 0.5) is 13.2 Å². The van der Waals surface area contributed by atoms with Crippen LogP contribution < -0.4 is 4.74 Å². The van der Waals surface area contributed by atoms with Gasteiger partial charge in [-0.3, -0.25) is 14.8 Å². The van der Waals surface area contributed by atoms with Gasteiger partial charge in [-0.25, -0.2) is 4.98 Å². The van der Waals surface area contributed by atoms with Crippen LogP contribution in [0.25, 0.3) is 11.3 Å². The molecule has 3 aliphatic rings. The average Bonchev–Trinajstić information content (AvgIpc) is 3.47. The summed E-state index contributed by atoms with van der Waals surface area (Å²) in [6.07, 6.45) is 2.65. The van der Waals surface area contributed by atoms with Gasteiger partial charge in [0.2, 0.25) is 5.88 Å². The second-order valence-electron chi connectivity index (χ2n) is 8.92. The normalized spacial score (nSPS) is 27.4. The molecule has 33 heavy (non-hydrogen) atoms. The van der Waals surface area contributed by atoms with Crippen LogP contribution in [0, 0.1) is 11.3 Å². The summed E-state index contributed by atoms with van der Waals surface area (Å²) >= 11 is 0. The number of amides is 1. The molecule has 6 rings (SSSR count). The van der Waals surface area contributed by atoms with Crippen LogP contribution >= 0.6 is 0 Å². The summed E-state index contributed by atoms with van der Waals surface area (Å²) in [5.41, 5.74) is 1.13. The van der Waals surface area contributed by atoms with Gasteiger partial charge in [0.25, 0.3) is 5.91 Å². The Kier molecular flexibility index (Phi) is 4.27. The maximum Gasteiger partial charge on any atom is 0.417 e. The molecule has 9 heteroatoms. The minimum atomic E-state index is -4.45. The number of benzene rings is 1. The first-order valence-corrected chi connectivity index (χ1v) is 10.7. The number of alkyl halides is 3. The highest BCUT2D eigenvalue weighted by Gasteiger charge is 2.76. The number of nitrogens with zero attached hydrogens (tertiary/aromatic N) is 4. The van der Waals surface area contributed by atoms with E-state index in [4.69, 9.17) is 4.74 Å². The van der Waals surface area contributed by atoms with Gasteiger partial charge in [0.05, 0.1) is 23.5 Å². The third-order valence-corrected chi connectivity index (χ3v) is 7.15. The Labute approximate surface area is 187 Å². The zero-order chi connectivity index (χ0) is 22.8. The minimum Gasteiger partial charge on any atom is -0.472 e. The van der Waals surface area contributed by atoms with Crippen molar-refractivity contribution in [2.45, 2.75) is 31.2 Å². The molecule has 3 fully saturated rings. The number of carbonyl (C=O) groups excluding carboxylic acids is 1. The molecule has 4 unspecified atom stereocenters. The third-order valence-electron chi connectivity index (χ3n) is 7.15. The van der Waals surface area contributed by atoms with Crippen LogP contribution in [0.1, 0.15) is 28.8 Å². The van der Waals surface area contributed by atoms with E-state index in [1.165, 1.54) is 6.07 Å². The molecule has 1 aliphatic heterocycles. The molecule has 4 atom stereocenters. The van der Waals surface area contributed by atoms with Gasteiger partial charge in [-0.1, -0.05) is 18.2 Å². The van der Waals surface area contributed by atoms with Gasteiger partial charge < -0.3 is 9.64 Å². The maximum atomic E-state index is 13.6. The van der Waals surface area contributed by atoms with E-state index in [2.05, 4.69) is 15.0 Å². The van der Waals surface area contributed by atoms with Gasteiger partial charge >= 0.3 is 6.18 Å². The van der Waals surface area contributed by atoms with Gasteiger partial charge in [-0.2, -0.15) is 13.2 Å². The Morgan fingerprint density at radius 1 is 1.06 bits per heavy atom. The predicted molar refractivity (Wildman–Crippen MR) is 111 cm³/mol. The lowest BCUT2D eigenvalue weighted by molar-refractivity contribution is -0.137. The van der Waals surface area contributed by atoms with Gasteiger partial charge in [-0.15, -0.1) is 0 Å². The van der Waals surface area contributed by atoms with E-state index in [1.807, 2.05) is 23.1 Å². The summed E-state index contributed by atoms with van der Waals surface area (Å²) in [7, 11) is 0. The van der Waals surface area contributed by atoms with E-state index in [0.717, 1.165) is 25.1 Å². The largest absolute Gasteiger partial charge is 0.472 e. The Bertz CT molecular complexity index is 1220. The molecule has 1 amide bonds. The lowest BCUT2D eigenvalue weighted by Crippen LogP contribution is -2.59. The number of hydrogen-bond donors (Lipinski definition) is 0. The van der Waals surface area contributed by atoms with Crippen molar-refractivity contribution in [2.24, 2.45) is 11.3 Å². The SMILES string of the molecule is O=C(c1ccccc1-c1cnccn1)N1CC2CC23CC(Oc2ccc(C(F)(F)F)cn2)C13. The van der Waals surface area contributed by atoms with E-state index >= 15 is 0 Å². The molecule has 3 aromatic rings. The van der Waals surface area contributed by atoms with Crippen LogP contribution in [0.5, 0.6) is 5.88 Å². The van der Waals surface area contributed by atoms with Crippen molar-refractivity contribution in [3.05, 3.63) is 72.3 Å². The van der Waals surface area contributed by atoms with Gasteiger partial charge in [0.15, 0.2) is 0 Å². The number of carbonyl (C=O) groups is 1. The third kappa shape index (κ3) is 3.17. The number of aromatic nitrogens is 3. The second-order valence-corrected chi connectivity index (χ2v) is 8.92. The molecule has 6 nitrogen and oxygen atoms in total. The zero-order valence-corrected chi connectivity index (χ0v) is 17.4. The Morgan fingerprint density at radius 2 is 1.91 bits per heavy atom. The second kappa shape index (κ2) is 7.00. The minimum absolute atomic E-state index is 0.0632. The average molecular weight is 452 g/mol. The van der Waals surface area contributed by atoms with Crippen LogP contribution in [0.3, 0.4) is 0 Å². The summed E-state index contributed by atoms with van der Waals surface area (Å²) in [6, 6.07) is 9.40. The number of piperidine rings is 1. The predicted octanol–water partition coefficient (Wildman–Crippen LogP) is 4.24. The van der Waals surface area contributed by atoms with E-state index in [0.29, 0.717) is 29.3 Å². The molecule has 0 radical (unpaired) electrons. The number of ether oxygens (including phenoxy) is 1. The fraction of sp³-hybridized carbons (Fsp3) is 0.333. The number of hydrogen-bond acceptors (Lipinski definition) is 5. The smallest absolute Gasteiger partial charge is 0.417 e. The van der Waals surface area contributed by atoms with Crippen molar-refractivity contribution in [3.8, 4) is 17.1 Å². The van der Waals surface area contributed by atoms with E-state index in [1.54, 1.807) is 24.7 Å². The highest BCUT2D eigenvalue weighted by atomic mass is 19.4.